The first-order valence-corrected chi connectivity index (χ1v) is 49.5. The van der Waals surface area contributed by atoms with E-state index in [1.165, 1.54) is 295 Å². The van der Waals surface area contributed by atoms with Crippen molar-refractivity contribution in [3.8, 4) is 0 Å². The van der Waals surface area contributed by atoms with Gasteiger partial charge in [-0.3, -0.25) is 37.3 Å². The van der Waals surface area contributed by atoms with Crippen LogP contribution in [0.5, 0.6) is 0 Å². The number of ether oxygens (including phenoxy) is 4. The minimum absolute atomic E-state index is 0.108. The van der Waals surface area contributed by atoms with Gasteiger partial charge in [-0.1, -0.05) is 433 Å². The molecule has 5 atom stereocenters. The molecule has 0 aromatic rings. The molecule has 19 heteroatoms. The number of aliphatic hydroxyl groups excluding tert-OH is 1. The third-order valence-electron chi connectivity index (χ3n) is 21.2. The molecule has 0 aliphatic carbocycles. The zero-order chi connectivity index (χ0) is 79.9. The second kappa shape index (κ2) is 81.2. The number of esters is 4. The van der Waals surface area contributed by atoms with Crippen molar-refractivity contribution in [2.75, 3.05) is 39.6 Å². The molecule has 3 N–H and O–H groups in total. The lowest BCUT2D eigenvalue weighted by atomic mass is 10.0. The maximum atomic E-state index is 13.2. The van der Waals surface area contributed by atoms with Crippen molar-refractivity contribution in [1.29, 1.82) is 0 Å². The minimum Gasteiger partial charge on any atom is -0.462 e. The molecule has 0 spiro atoms. The van der Waals surface area contributed by atoms with E-state index in [0.717, 1.165) is 102 Å². The van der Waals surface area contributed by atoms with Gasteiger partial charge in [0, 0.05) is 25.7 Å². The average Bonchev–Trinajstić information content (AvgIpc) is 0.897. The summed E-state index contributed by atoms with van der Waals surface area (Å²) < 4.78 is 69.0. The summed E-state index contributed by atoms with van der Waals surface area (Å²) in [6.45, 7) is 9.68. The molecule has 0 bridgehead atoms. The number of rotatable bonds is 89. The van der Waals surface area contributed by atoms with E-state index >= 15 is 0 Å². The van der Waals surface area contributed by atoms with Crippen LogP contribution in [-0.2, 0) is 65.4 Å². The van der Waals surface area contributed by atoms with Gasteiger partial charge in [-0.2, -0.15) is 0 Å². The lowest BCUT2D eigenvalue weighted by Gasteiger charge is -2.21. The Hall–Kier alpha value is -1.94. The fourth-order valence-electron chi connectivity index (χ4n) is 14.1. The first-order valence-electron chi connectivity index (χ1n) is 46.5. The van der Waals surface area contributed by atoms with Gasteiger partial charge < -0.3 is 33.8 Å². The second-order valence-corrected chi connectivity index (χ2v) is 36.2. The fourth-order valence-corrected chi connectivity index (χ4v) is 15.7. The third-order valence-corrected chi connectivity index (χ3v) is 23.1. The first kappa shape index (κ1) is 107. The molecule has 0 aromatic carbocycles. The lowest BCUT2D eigenvalue weighted by Crippen LogP contribution is -2.30. The van der Waals surface area contributed by atoms with Gasteiger partial charge in [-0.15, -0.1) is 0 Å². The number of unbranched alkanes of at least 4 members (excludes halogenated alkanes) is 59. The number of phosphoric acid groups is 2. The fraction of sp³-hybridized carbons (Fsp3) is 0.956. The van der Waals surface area contributed by atoms with Crippen molar-refractivity contribution in [2.24, 2.45) is 11.8 Å². The Morgan fingerprint density at radius 3 is 0.624 bits per heavy atom. The number of carbonyl (C=O) groups excluding carboxylic acids is 4. The van der Waals surface area contributed by atoms with Crippen LogP contribution in [0.2, 0.25) is 0 Å². The number of hydrogen-bond acceptors (Lipinski definition) is 15. The van der Waals surface area contributed by atoms with Crippen molar-refractivity contribution >= 4 is 39.5 Å². The normalized spacial score (nSPS) is 13.8. The number of aliphatic hydroxyl groups is 1. The van der Waals surface area contributed by atoms with Crippen LogP contribution in [0.15, 0.2) is 0 Å². The Balaban J connectivity index is 5.21. The predicted molar refractivity (Wildman–Crippen MR) is 451 cm³/mol. The topological polar surface area (TPSA) is 237 Å². The maximum absolute atomic E-state index is 13.2. The van der Waals surface area contributed by atoms with Gasteiger partial charge in [0.15, 0.2) is 12.2 Å². The highest BCUT2D eigenvalue weighted by atomic mass is 31.2. The van der Waals surface area contributed by atoms with E-state index in [2.05, 4.69) is 41.5 Å². The molecule has 0 rings (SSSR count). The van der Waals surface area contributed by atoms with E-state index in [1.54, 1.807) is 0 Å². The van der Waals surface area contributed by atoms with Crippen LogP contribution in [-0.4, -0.2) is 96.7 Å². The molecule has 0 saturated heterocycles. The van der Waals surface area contributed by atoms with Gasteiger partial charge in [0.2, 0.25) is 0 Å². The van der Waals surface area contributed by atoms with E-state index in [-0.39, 0.29) is 25.7 Å². The van der Waals surface area contributed by atoms with Crippen LogP contribution in [0, 0.1) is 11.8 Å². The molecule has 17 nitrogen and oxygen atoms in total. The predicted octanol–water partition coefficient (Wildman–Crippen LogP) is 27.8. The molecule has 0 aliphatic rings. The molecule has 0 fully saturated rings. The summed E-state index contributed by atoms with van der Waals surface area (Å²) in [4.78, 5) is 73.3. The molecule has 648 valence electrons. The van der Waals surface area contributed by atoms with E-state index in [9.17, 15) is 43.2 Å². The van der Waals surface area contributed by atoms with Crippen molar-refractivity contribution in [1.82, 2.24) is 0 Å². The minimum atomic E-state index is -4.97. The number of carbonyl (C=O) groups is 4. The van der Waals surface area contributed by atoms with Crippen LogP contribution in [0.1, 0.15) is 485 Å². The van der Waals surface area contributed by atoms with Crippen molar-refractivity contribution in [3.05, 3.63) is 0 Å². The summed E-state index contributed by atoms with van der Waals surface area (Å²) in [7, 11) is -9.93. The van der Waals surface area contributed by atoms with E-state index < -0.39 is 97.5 Å². The summed E-state index contributed by atoms with van der Waals surface area (Å²) in [6, 6.07) is 0. The molecule has 0 saturated carbocycles. The summed E-state index contributed by atoms with van der Waals surface area (Å²) in [5.41, 5.74) is 0. The van der Waals surface area contributed by atoms with Crippen LogP contribution >= 0.6 is 15.6 Å². The Bertz CT molecular complexity index is 2080. The van der Waals surface area contributed by atoms with Gasteiger partial charge in [-0.25, -0.2) is 9.13 Å². The highest BCUT2D eigenvalue weighted by molar-refractivity contribution is 7.47. The summed E-state index contributed by atoms with van der Waals surface area (Å²) in [5.74, 6) is -0.574. The van der Waals surface area contributed by atoms with Gasteiger partial charge in [0.25, 0.3) is 0 Å². The molecule has 0 aliphatic heterocycles. The third kappa shape index (κ3) is 83.8. The van der Waals surface area contributed by atoms with E-state index in [1.807, 2.05) is 0 Å². The Morgan fingerprint density at radius 1 is 0.248 bits per heavy atom. The first-order chi connectivity index (χ1) is 52.9. The van der Waals surface area contributed by atoms with Gasteiger partial charge in [-0.05, 0) is 37.5 Å². The monoisotopic (exact) mass is 1590 g/mol. The average molecular weight is 1590 g/mol. The molecule has 0 amide bonds. The summed E-state index contributed by atoms with van der Waals surface area (Å²) >= 11 is 0. The highest BCUT2D eigenvalue weighted by Gasteiger charge is 2.31. The molecular weight excluding hydrogens is 1410 g/mol. The quantitative estimate of drug-likeness (QED) is 0.0222. The summed E-state index contributed by atoms with van der Waals surface area (Å²) in [6.07, 6.45) is 75.3. The van der Waals surface area contributed by atoms with Crippen molar-refractivity contribution in [3.63, 3.8) is 0 Å². The van der Waals surface area contributed by atoms with Gasteiger partial charge in [0.05, 0.1) is 26.4 Å². The van der Waals surface area contributed by atoms with Gasteiger partial charge in [0.1, 0.15) is 19.3 Å². The highest BCUT2D eigenvalue weighted by Crippen LogP contribution is 2.45. The van der Waals surface area contributed by atoms with Crippen LogP contribution in [0.25, 0.3) is 0 Å². The van der Waals surface area contributed by atoms with E-state index in [4.69, 9.17) is 37.0 Å². The smallest absolute Gasteiger partial charge is 0.462 e. The molecular formula is C90H176O17P2. The summed E-state index contributed by atoms with van der Waals surface area (Å²) in [5, 5.41) is 10.7. The lowest BCUT2D eigenvalue weighted by molar-refractivity contribution is -0.161. The molecule has 2 unspecified atom stereocenters. The Kier molecular flexibility index (Phi) is 79.8. The van der Waals surface area contributed by atoms with Crippen LogP contribution in [0.3, 0.4) is 0 Å². The second-order valence-electron chi connectivity index (χ2n) is 33.3. The number of hydrogen-bond donors (Lipinski definition) is 3. The Morgan fingerprint density at radius 2 is 0.422 bits per heavy atom. The molecule has 109 heavy (non-hydrogen) atoms. The zero-order valence-corrected chi connectivity index (χ0v) is 73.7. The van der Waals surface area contributed by atoms with Crippen molar-refractivity contribution < 1.29 is 80.2 Å². The Labute approximate surface area is 670 Å². The number of phosphoric ester groups is 2. The SMILES string of the molecule is CCCCCCCCCCCCCCCCCCCCCCCC(=O)OC[C@H](COP(=O)(O)OC[C@@H](O)COP(=O)(O)OC[C@@H](COC(=O)CCCCCCCCCC(C)C)OC(=O)CCCCCCCCCCCCCCCCCCC)OC(=O)CCCCCCCCCCCCCCCCCCCCC(C)C. The van der Waals surface area contributed by atoms with Crippen LogP contribution < -0.4 is 0 Å². The van der Waals surface area contributed by atoms with E-state index in [0.29, 0.717) is 31.6 Å². The van der Waals surface area contributed by atoms with Crippen molar-refractivity contribution in [2.45, 2.75) is 503 Å². The molecule has 0 radical (unpaired) electrons. The standard InChI is InChI=1S/C90H176O17P2/c1-7-9-11-13-15-17-19-21-23-25-26-27-28-33-36-40-44-48-54-60-66-72-87(92)100-78-85(106-89(94)74-69-63-56-50-46-42-38-34-30-29-32-35-39-43-47-52-58-64-70-82(3)4)80-104-108(96,97)102-76-84(91)77-103-109(98,99)105-81-86(79-101-88(93)73-67-61-57-51-53-59-65-71-83(5)6)107-90(95)75-68-62-55-49-45-41-37-31-24-22-20-18-16-14-12-10-8-2/h82-86,91H,7-81H2,1-6H3,(H,96,97)(H,98,99)/t84-,85-,86-/m1/s1. The molecule has 0 heterocycles. The zero-order valence-electron chi connectivity index (χ0n) is 71.9. The molecule has 0 aromatic heterocycles. The maximum Gasteiger partial charge on any atom is 0.472 e. The van der Waals surface area contributed by atoms with Gasteiger partial charge >= 0.3 is 39.5 Å². The largest absolute Gasteiger partial charge is 0.472 e. The van der Waals surface area contributed by atoms with Crippen LogP contribution in [0.4, 0.5) is 0 Å².